The van der Waals surface area contributed by atoms with Crippen molar-refractivity contribution in [3.8, 4) is 11.5 Å². The van der Waals surface area contributed by atoms with E-state index in [0.29, 0.717) is 11.6 Å². The molecule has 2 saturated heterocycles. The van der Waals surface area contributed by atoms with Gasteiger partial charge in [0.2, 0.25) is 0 Å². The van der Waals surface area contributed by atoms with Gasteiger partial charge in [0.1, 0.15) is 11.5 Å². The molecule has 114 valence electrons. The Morgan fingerprint density at radius 1 is 1.10 bits per heavy atom. The number of phenolic OH excluding ortho intramolecular Hbond substituents is 2. The van der Waals surface area contributed by atoms with Crippen LogP contribution in [-0.2, 0) is 0 Å². The average Bonchev–Trinajstić information content (AvgIpc) is 2.99. The molecule has 0 saturated carbocycles. The number of benzene rings is 1. The van der Waals surface area contributed by atoms with Gasteiger partial charge in [-0.25, -0.2) is 0 Å². The summed E-state index contributed by atoms with van der Waals surface area (Å²) >= 11 is 0. The van der Waals surface area contributed by atoms with Gasteiger partial charge in [0, 0.05) is 30.3 Å². The van der Waals surface area contributed by atoms with Crippen LogP contribution in [0.4, 0.5) is 0 Å². The standard InChI is InChI=1S/C16H22N2O3/c19-12-8-11(9-13(20)10-12)16(21)18-7-2-1-5-15(18)14-4-3-6-17-14/h8-10,14-15,17,19-20H,1-7H2. The van der Waals surface area contributed by atoms with Gasteiger partial charge in [-0.05, 0) is 50.8 Å². The lowest BCUT2D eigenvalue weighted by Crippen LogP contribution is -2.52. The molecule has 2 aliphatic heterocycles. The van der Waals surface area contributed by atoms with Crippen molar-refractivity contribution in [2.24, 2.45) is 0 Å². The summed E-state index contributed by atoms with van der Waals surface area (Å²) in [6.07, 6.45) is 5.46. The number of carbonyl (C=O) groups excluding carboxylic acids is 1. The monoisotopic (exact) mass is 290 g/mol. The first-order valence-electron chi connectivity index (χ1n) is 7.72. The van der Waals surface area contributed by atoms with Crippen molar-refractivity contribution >= 4 is 5.91 Å². The molecular weight excluding hydrogens is 268 g/mol. The fraction of sp³-hybridized carbons (Fsp3) is 0.562. The number of amides is 1. The van der Waals surface area contributed by atoms with Crippen molar-refractivity contribution in [2.45, 2.75) is 44.2 Å². The highest BCUT2D eigenvalue weighted by atomic mass is 16.3. The molecule has 3 rings (SSSR count). The summed E-state index contributed by atoms with van der Waals surface area (Å²) in [5.74, 6) is -0.253. The van der Waals surface area contributed by atoms with E-state index in [0.717, 1.165) is 45.2 Å². The lowest BCUT2D eigenvalue weighted by molar-refractivity contribution is 0.0563. The first kappa shape index (κ1) is 14.2. The summed E-state index contributed by atoms with van der Waals surface area (Å²) < 4.78 is 0. The van der Waals surface area contributed by atoms with E-state index in [1.807, 2.05) is 4.90 Å². The Balaban J connectivity index is 1.83. The SMILES string of the molecule is O=C(c1cc(O)cc(O)c1)N1CCCCC1C1CCCN1. The molecular formula is C16H22N2O3. The molecule has 2 aliphatic rings. The number of piperidine rings is 1. The molecule has 3 N–H and O–H groups in total. The van der Waals surface area contributed by atoms with Gasteiger partial charge in [0.25, 0.3) is 5.91 Å². The van der Waals surface area contributed by atoms with Gasteiger partial charge in [0.05, 0.1) is 0 Å². The topological polar surface area (TPSA) is 72.8 Å². The molecule has 2 heterocycles. The third-order valence-electron chi connectivity index (χ3n) is 4.52. The van der Waals surface area contributed by atoms with E-state index < -0.39 is 0 Å². The zero-order chi connectivity index (χ0) is 14.8. The molecule has 2 fully saturated rings. The van der Waals surface area contributed by atoms with Crippen LogP contribution in [0, 0.1) is 0 Å². The van der Waals surface area contributed by atoms with E-state index in [-0.39, 0.29) is 23.4 Å². The maximum atomic E-state index is 12.7. The second kappa shape index (κ2) is 5.93. The van der Waals surface area contributed by atoms with Gasteiger partial charge in [-0.2, -0.15) is 0 Å². The summed E-state index contributed by atoms with van der Waals surface area (Å²) in [7, 11) is 0. The summed E-state index contributed by atoms with van der Waals surface area (Å²) in [6.45, 7) is 1.77. The van der Waals surface area contributed by atoms with E-state index >= 15 is 0 Å². The van der Waals surface area contributed by atoms with Crippen LogP contribution < -0.4 is 5.32 Å². The van der Waals surface area contributed by atoms with Gasteiger partial charge in [-0.1, -0.05) is 0 Å². The van der Waals surface area contributed by atoms with Crippen LogP contribution >= 0.6 is 0 Å². The van der Waals surface area contributed by atoms with Gasteiger partial charge in [0.15, 0.2) is 0 Å². The van der Waals surface area contributed by atoms with Gasteiger partial charge in [-0.3, -0.25) is 4.79 Å². The molecule has 0 bridgehead atoms. The van der Waals surface area contributed by atoms with E-state index in [2.05, 4.69) is 5.32 Å². The van der Waals surface area contributed by atoms with Crippen LogP contribution in [-0.4, -0.2) is 46.2 Å². The minimum atomic E-state index is -0.0976. The van der Waals surface area contributed by atoms with Gasteiger partial charge >= 0.3 is 0 Å². The highest BCUT2D eigenvalue weighted by Crippen LogP contribution is 2.28. The number of hydrogen-bond donors (Lipinski definition) is 3. The zero-order valence-corrected chi connectivity index (χ0v) is 12.1. The Morgan fingerprint density at radius 2 is 1.86 bits per heavy atom. The number of phenols is 2. The Labute approximate surface area is 124 Å². The van der Waals surface area contributed by atoms with Crippen molar-refractivity contribution in [3.05, 3.63) is 23.8 Å². The van der Waals surface area contributed by atoms with E-state index in [4.69, 9.17) is 0 Å². The lowest BCUT2D eigenvalue weighted by Gasteiger charge is -2.39. The molecule has 5 nitrogen and oxygen atoms in total. The second-order valence-electron chi connectivity index (χ2n) is 6.00. The molecule has 0 spiro atoms. The number of nitrogens with zero attached hydrogens (tertiary/aromatic N) is 1. The minimum absolute atomic E-state index is 0.0779. The number of carbonyl (C=O) groups is 1. The number of aromatic hydroxyl groups is 2. The van der Waals surface area contributed by atoms with Crippen LogP contribution in [0.5, 0.6) is 11.5 Å². The summed E-state index contributed by atoms with van der Waals surface area (Å²) in [5, 5.41) is 22.6. The summed E-state index contributed by atoms with van der Waals surface area (Å²) in [6, 6.07) is 4.69. The average molecular weight is 290 g/mol. The van der Waals surface area contributed by atoms with Crippen LogP contribution in [0.2, 0.25) is 0 Å². The van der Waals surface area contributed by atoms with Crippen molar-refractivity contribution in [1.29, 1.82) is 0 Å². The summed E-state index contributed by atoms with van der Waals surface area (Å²) in [4.78, 5) is 14.7. The van der Waals surface area contributed by atoms with Crippen LogP contribution in [0.25, 0.3) is 0 Å². The lowest BCUT2D eigenvalue weighted by atomic mass is 9.93. The predicted molar refractivity (Wildman–Crippen MR) is 79.5 cm³/mol. The second-order valence-corrected chi connectivity index (χ2v) is 6.00. The van der Waals surface area contributed by atoms with Crippen molar-refractivity contribution in [3.63, 3.8) is 0 Å². The fourth-order valence-electron chi connectivity index (χ4n) is 3.55. The molecule has 0 aliphatic carbocycles. The molecule has 5 heteroatoms. The number of nitrogens with one attached hydrogen (secondary N) is 1. The summed E-state index contributed by atoms with van der Waals surface area (Å²) in [5.41, 5.74) is 0.359. The van der Waals surface area contributed by atoms with E-state index in [1.54, 1.807) is 0 Å². The quantitative estimate of drug-likeness (QED) is 0.777. The van der Waals surface area contributed by atoms with Crippen LogP contribution in [0.3, 0.4) is 0 Å². The smallest absolute Gasteiger partial charge is 0.254 e. The number of likely N-dealkylation sites (tertiary alicyclic amines) is 1. The predicted octanol–water partition coefficient (Wildman–Crippen LogP) is 1.84. The number of rotatable bonds is 2. The fourth-order valence-corrected chi connectivity index (χ4v) is 3.55. The van der Waals surface area contributed by atoms with Gasteiger partial charge in [-0.15, -0.1) is 0 Å². The minimum Gasteiger partial charge on any atom is -0.508 e. The first-order chi connectivity index (χ1) is 10.1. The van der Waals surface area contributed by atoms with Crippen molar-refractivity contribution < 1.29 is 15.0 Å². The third kappa shape index (κ3) is 2.97. The van der Waals surface area contributed by atoms with Crippen molar-refractivity contribution in [1.82, 2.24) is 10.2 Å². The Hall–Kier alpha value is -1.75. The Morgan fingerprint density at radius 3 is 2.52 bits per heavy atom. The Kier molecular flexibility index (Phi) is 4.01. The molecule has 0 radical (unpaired) electrons. The highest BCUT2D eigenvalue weighted by Gasteiger charge is 2.34. The van der Waals surface area contributed by atoms with E-state index in [9.17, 15) is 15.0 Å². The zero-order valence-electron chi connectivity index (χ0n) is 12.1. The van der Waals surface area contributed by atoms with Crippen molar-refractivity contribution in [2.75, 3.05) is 13.1 Å². The molecule has 1 amide bonds. The first-order valence-corrected chi connectivity index (χ1v) is 7.72. The molecule has 21 heavy (non-hydrogen) atoms. The molecule has 0 aromatic heterocycles. The molecule has 1 aromatic rings. The Bertz CT molecular complexity index is 506. The maximum absolute atomic E-state index is 12.7. The number of hydrogen-bond acceptors (Lipinski definition) is 4. The third-order valence-corrected chi connectivity index (χ3v) is 4.52. The maximum Gasteiger partial charge on any atom is 0.254 e. The molecule has 2 atom stereocenters. The highest BCUT2D eigenvalue weighted by molar-refractivity contribution is 5.95. The molecule has 2 unspecified atom stereocenters. The largest absolute Gasteiger partial charge is 0.508 e. The van der Waals surface area contributed by atoms with Crippen LogP contribution in [0.1, 0.15) is 42.5 Å². The van der Waals surface area contributed by atoms with Gasteiger partial charge < -0.3 is 20.4 Å². The van der Waals surface area contributed by atoms with E-state index in [1.165, 1.54) is 18.2 Å². The molecule has 1 aromatic carbocycles. The normalized spacial score (nSPS) is 26.0. The van der Waals surface area contributed by atoms with Crippen LogP contribution in [0.15, 0.2) is 18.2 Å².